The predicted octanol–water partition coefficient (Wildman–Crippen LogP) is 4.09. The molecule has 0 fully saturated rings. The molecule has 0 radical (unpaired) electrons. The summed E-state index contributed by atoms with van der Waals surface area (Å²) in [4.78, 5) is 0. The molecule has 3 nitrogen and oxygen atoms in total. The molecule has 17 heavy (non-hydrogen) atoms. The Balaban J connectivity index is 2.25. The third-order valence-corrected chi connectivity index (χ3v) is 3.13. The predicted molar refractivity (Wildman–Crippen MR) is 69.6 cm³/mol. The normalized spacial score (nSPS) is 11.8. The molecule has 1 aromatic carbocycles. The topological polar surface area (TPSA) is 49.0 Å². The van der Waals surface area contributed by atoms with Gasteiger partial charge < -0.3 is 9.73 Å². The summed E-state index contributed by atoms with van der Waals surface area (Å²) < 4.78 is 6.10. The minimum absolute atomic E-state index is 0.0198. The lowest BCUT2D eigenvalue weighted by molar-refractivity contribution is 0.490. The van der Waals surface area contributed by atoms with Gasteiger partial charge in [0.1, 0.15) is 11.8 Å². The second kappa shape index (κ2) is 5.07. The maximum Gasteiger partial charge on any atom is 0.125 e. The van der Waals surface area contributed by atoms with Gasteiger partial charge in [0, 0.05) is 4.47 Å². The van der Waals surface area contributed by atoms with Crippen molar-refractivity contribution >= 4 is 21.6 Å². The quantitative estimate of drug-likeness (QED) is 0.926. The van der Waals surface area contributed by atoms with Gasteiger partial charge in [-0.15, -0.1) is 0 Å². The summed E-state index contributed by atoms with van der Waals surface area (Å²) in [7, 11) is 0. The molecule has 0 spiro atoms. The molecule has 0 amide bonds. The summed E-state index contributed by atoms with van der Waals surface area (Å²) in [5.74, 6) is 0.842. The highest BCUT2D eigenvalue weighted by Crippen LogP contribution is 2.27. The number of nitrogens with one attached hydrogen (secondary N) is 1. The van der Waals surface area contributed by atoms with Crippen LogP contribution >= 0.6 is 15.9 Å². The molecule has 1 N–H and O–H groups in total. The van der Waals surface area contributed by atoms with Crippen molar-refractivity contribution in [3.63, 3.8) is 0 Å². The lowest BCUT2D eigenvalue weighted by Gasteiger charge is -2.14. The van der Waals surface area contributed by atoms with E-state index in [9.17, 15) is 0 Å². The maximum atomic E-state index is 9.10. The zero-order valence-electron chi connectivity index (χ0n) is 9.27. The molecule has 4 heteroatoms. The Morgan fingerprint density at radius 3 is 2.82 bits per heavy atom. The fourth-order valence-corrected chi connectivity index (χ4v) is 2.05. The molecular weight excluding hydrogens is 280 g/mol. The number of rotatable bonds is 3. The summed E-state index contributed by atoms with van der Waals surface area (Å²) >= 11 is 3.36. The lowest BCUT2D eigenvalue weighted by atomic mass is 10.1. The summed E-state index contributed by atoms with van der Waals surface area (Å²) in [6.07, 6.45) is 1.64. The molecule has 1 heterocycles. The van der Waals surface area contributed by atoms with Crippen LogP contribution in [0.15, 0.2) is 45.5 Å². The van der Waals surface area contributed by atoms with Gasteiger partial charge >= 0.3 is 0 Å². The van der Waals surface area contributed by atoms with Crippen LogP contribution in [0.1, 0.15) is 24.3 Å². The summed E-state index contributed by atoms with van der Waals surface area (Å²) in [5.41, 5.74) is 1.40. The van der Waals surface area contributed by atoms with Crippen LogP contribution in [-0.2, 0) is 0 Å². The largest absolute Gasteiger partial charge is 0.467 e. The van der Waals surface area contributed by atoms with E-state index in [0.29, 0.717) is 5.56 Å². The molecule has 2 rings (SSSR count). The van der Waals surface area contributed by atoms with Gasteiger partial charge in [0.15, 0.2) is 0 Å². The Hall–Kier alpha value is -1.73. The molecule has 0 aliphatic rings. The fraction of sp³-hybridized carbons (Fsp3) is 0.154. The van der Waals surface area contributed by atoms with E-state index in [2.05, 4.69) is 27.3 Å². The van der Waals surface area contributed by atoms with Crippen LogP contribution in [0.2, 0.25) is 0 Å². The van der Waals surface area contributed by atoms with Crippen molar-refractivity contribution in [1.29, 1.82) is 5.26 Å². The molecule has 0 aliphatic heterocycles. The highest BCUT2D eigenvalue weighted by Gasteiger charge is 2.11. The molecule has 0 aliphatic carbocycles. The number of halogens is 1. The summed E-state index contributed by atoms with van der Waals surface area (Å²) in [6.45, 7) is 1.99. The van der Waals surface area contributed by atoms with Crippen LogP contribution in [0.25, 0.3) is 0 Å². The van der Waals surface area contributed by atoms with Gasteiger partial charge in [-0.1, -0.05) is 6.07 Å². The van der Waals surface area contributed by atoms with Crippen molar-refractivity contribution in [3.05, 3.63) is 52.4 Å². The maximum absolute atomic E-state index is 9.10. The molecule has 1 unspecified atom stereocenters. The van der Waals surface area contributed by atoms with Gasteiger partial charge in [-0.2, -0.15) is 5.26 Å². The molecule has 1 aromatic heterocycles. The van der Waals surface area contributed by atoms with Gasteiger partial charge in [0.05, 0.1) is 23.6 Å². The molecular formula is C13H11BrN2O. The first-order chi connectivity index (χ1) is 8.22. The van der Waals surface area contributed by atoms with Gasteiger partial charge in [0.25, 0.3) is 0 Å². The van der Waals surface area contributed by atoms with E-state index in [1.54, 1.807) is 6.26 Å². The first-order valence-electron chi connectivity index (χ1n) is 5.21. The number of anilines is 1. The van der Waals surface area contributed by atoms with E-state index < -0.39 is 0 Å². The highest BCUT2D eigenvalue weighted by atomic mass is 79.9. The van der Waals surface area contributed by atoms with Crippen molar-refractivity contribution in [1.82, 2.24) is 0 Å². The van der Waals surface area contributed by atoms with Crippen molar-refractivity contribution in [2.75, 3.05) is 5.32 Å². The van der Waals surface area contributed by atoms with Gasteiger partial charge in [-0.05, 0) is 47.1 Å². The zero-order chi connectivity index (χ0) is 12.3. The summed E-state index contributed by atoms with van der Waals surface area (Å²) in [6, 6.07) is 11.6. The third-order valence-electron chi connectivity index (χ3n) is 2.47. The molecule has 2 aromatic rings. The van der Waals surface area contributed by atoms with Crippen molar-refractivity contribution < 1.29 is 4.42 Å². The first-order valence-corrected chi connectivity index (χ1v) is 6.00. The van der Waals surface area contributed by atoms with Crippen molar-refractivity contribution in [2.24, 2.45) is 0 Å². The van der Waals surface area contributed by atoms with Gasteiger partial charge in [-0.25, -0.2) is 0 Å². The van der Waals surface area contributed by atoms with Crippen LogP contribution in [-0.4, -0.2) is 0 Å². The Morgan fingerprint density at radius 2 is 2.18 bits per heavy atom. The zero-order valence-corrected chi connectivity index (χ0v) is 10.9. The molecule has 1 atom stereocenters. The molecule has 0 bridgehead atoms. The minimum atomic E-state index is 0.0198. The van der Waals surface area contributed by atoms with Crippen LogP contribution in [0.4, 0.5) is 5.69 Å². The average molecular weight is 291 g/mol. The number of nitriles is 1. The first kappa shape index (κ1) is 11.7. The van der Waals surface area contributed by atoms with Crippen LogP contribution < -0.4 is 5.32 Å². The Morgan fingerprint density at radius 1 is 1.35 bits per heavy atom. The Bertz CT molecular complexity index is 543. The molecule has 0 saturated carbocycles. The van der Waals surface area contributed by atoms with Crippen LogP contribution in [0, 0.1) is 11.3 Å². The van der Waals surface area contributed by atoms with Crippen molar-refractivity contribution in [2.45, 2.75) is 13.0 Å². The number of hydrogen-bond donors (Lipinski definition) is 1. The highest BCUT2D eigenvalue weighted by molar-refractivity contribution is 9.10. The molecule has 0 saturated heterocycles. The van der Waals surface area contributed by atoms with E-state index in [1.165, 1.54) is 0 Å². The fourth-order valence-electron chi connectivity index (χ4n) is 1.60. The monoisotopic (exact) mass is 290 g/mol. The molecule has 86 valence electrons. The second-order valence-electron chi connectivity index (χ2n) is 3.66. The van der Waals surface area contributed by atoms with Crippen LogP contribution in [0.3, 0.4) is 0 Å². The average Bonchev–Trinajstić information content (AvgIpc) is 2.82. The smallest absolute Gasteiger partial charge is 0.125 e. The minimum Gasteiger partial charge on any atom is -0.467 e. The van der Waals surface area contributed by atoms with E-state index >= 15 is 0 Å². The Labute approximate surface area is 108 Å². The van der Waals surface area contributed by atoms with E-state index in [0.717, 1.165) is 15.9 Å². The van der Waals surface area contributed by atoms with Crippen molar-refractivity contribution in [3.8, 4) is 6.07 Å². The standard InChI is InChI=1S/C13H11BrN2O/c1-9(13-6-3-7-17-13)16-12-5-2-4-11(14)10(12)8-15/h2-7,9,16H,1H3. The number of benzene rings is 1. The number of hydrogen-bond acceptors (Lipinski definition) is 3. The number of furan rings is 1. The second-order valence-corrected chi connectivity index (χ2v) is 4.51. The Kier molecular flexibility index (Phi) is 3.50. The van der Waals surface area contributed by atoms with Crippen LogP contribution in [0.5, 0.6) is 0 Å². The van der Waals surface area contributed by atoms with E-state index in [4.69, 9.17) is 9.68 Å². The number of nitrogens with zero attached hydrogens (tertiary/aromatic N) is 1. The summed E-state index contributed by atoms with van der Waals surface area (Å²) in [5, 5.41) is 12.4. The van der Waals surface area contributed by atoms with Gasteiger partial charge in [-0.3, -0.25) is 0 Å². The van der Waals surface area contributed by atoms with E-state index in [-0.39, 0.29) is 6.04 Å². The van der Waals surface area contributed by atoms with Gasteiger partial charge in [0.2, 0.25) is 0 Å². The third kappa shape index (κ3) is 2.51. The van der Waals surface area contributed by atoms with E-state index in [1.807, 2.05) is 37.3 Å². The SMILES string of the molecule is CC(Nc1cccc(Br)c1C#N)c1ccco1. The lowest BCUT2D eigenvalue weighted by Crippen LogP contribution is -2.07.